The van der Waals surface area contributed by atoms with Crippen molar-refractivity contribution in [1.29, 1.82) is 0 Å². The summed E-state index contributed by atoms with van der Waals surface area (Å²) in [6.07, 6.45) is 0. The van der Waals surface area contributed by atoms with E-state index in [1.165, 1.54) is 30.5 Å². The number of aryl methyl sites for hydroxylation is 1. The Bertz CT molecular complexity index is 776. The largest absolute Gasteiger partial charge is 0.468 e. The van der Waals surface area contributed by atoms with Gasteiger partial charge in [0, 0.05) is 17.2 Å². The molecule has 1 aromatic carbocycles. The molecule has 5 heteroatoms. The monoisotopic (exact) mass is 334 g/mol. The van der Waals surface area contributed by atoms with Crippen molar-refractivity contribution in [3.05, 3.63) is 45.3 Å². The van der Waals surface area contributed by atoms with Crippen molar-refractivity contribution in [2.75, 3.05) is 7.11 Å². The van der Waals surface area contributed by atoms with Gasteiger partial charge in [0.15, 0.2) is 0 Å². The van der Waals surface area contributed by atoms with Gasteiger partial charge in [-0.15, -0.1) is 11.8 Å². The number of methoxy groups -OCH3 is 1. The second kappa shape index (κ2) is 7.21. The van der Waals surface area contributed by atoms with Crippen molar-refractivity contribution < 1.29 is 13.9 Å². The molecule has 0 saturated carbocycles. The fraction of sp³-hybridized carbons (Fsp3) is 0.444. The van der Waals surface area contributed by atoms with Gasteiger partial charge in [-0.25, -0.2) is 4.79 Å². The van der Waals surface area contributed by atoms with E-state index in [4.69, 9.17) is 9.15 Å². The van der Waals surface area contributed by atoms with Crippen molar-refractivity contribution in [2.24, 2.45) is 0 Å². The van der Waals surface area contributed by atoms with Crippen molar-refractivity contribution in [2.45, 2.75) is 44.6 Å². The maximum absolute atomic E-state index is 11.8. The van der Waals surface area contributed by atoms with Crippen molar-refractivity contribution in [3.8, 4) is 0 Å². The Hall–Kier alpha value is -1.75. The highest BCUT2D eigenvalue weighted by Crippen LogP contribution is 2.29. The van der Waals surface area contributed by atoms with Gasteiger partial charge in [-0.3, -0.25) is 4.79 Å². The van der Waals surface area contributed by atoms with Crippen molar-refractivity contribution in [3.63, 3.8) is 0 Å². The number of carbonyl (C=O) groups is 1. The molecule has 1 aromatic heterocycles. The van der Waals surface area contributed by atoms with Crippen LogP contribution in [0.3, 0.4) is 0 Å². The number of hydrogen-bond donors (Lipinski definition) is 0. The summed E-state index contributed by atoms with van der Waals surface area (Å²) in [5.41, 5.74) is 3.47. The Balaban J connectivity index is 2.44. The van der Waals surface area contributed by atoms with Gasteiger partial charge in [0.05, 0.1) is 12.4 Å². The molecule has 2 rings (SSSR count). The second-order valence-corrected chi connectivity index (χ2v) is 7.26. The second-order valence-electron chi connectivity index (χ2n) is 5.93. The number of thioether (sulfide) groups is 1. The fourth-order valence-corrected chi connectivity index (χ4v) is 3.48. The van der Waals surface area contributed by atoms with Gasteiger partial charge in [0.2, 0.25) is 0 Å². The van der Waals surface area contributed by atoms with Crippen molar-refractivity contribution >= 4 is 28.7 Å². The van der Waals surface area contributed by atoms with Gasteiger partial charge < -0.3 is 9.15 Å². The van der Waals surface area contributed by atoms with E-state index in [1.54, 1.807) is 6.92 Å². The molecule has 1 atom stereocenters. The highest BCUT2D eigenvalue weighted by molar-refractivity contribution is 7.99. The zero-order valence-electron chi connectivity index (χ0n) is 14.1. The van der Waals surface area contributed by atoms with Crippen LogP contribution in [0.4, 0.5) is 0 Å². The van der Waals surface area contributed by atoms with Gasteiger partial charge in [-0.05, 0) is 48.6 Å². The zero-order valence-corrected chi connectivity index (χ0v) is 15.0. The SMILES string of the molecule is COC(=O)C(C)SCc1cc(=O)oc2cc(C)c(C(C)C)cc12. The van der Waals surface area contributed by atoms with Crippen LogP contribution in [0.2, 0.25) is 0 Å². The normalized spacial score (nSPS) is 12.6. The predicted molar refractivity (Wildman–Crippen MR) is 94.1 cm³/mol. The Morgan fingerprint density at radius 2 is 1.96 bits per heavy atom. The van der Waals surface area contributed by atoms with Gasteiger partial charge in [0.25, 0.3) is 0 Å². The molecule has 23 heavy (non-hydrogen) atoms. The highest BCUT2D eigenvalue weighted by Gasteiger charge is 2.16. The van der Waals surface area contributed by atoms with Crippen LogP contribution in [-0.2, 0) is 15.3 Å². The van der Waals surface area contributed by atoms with E-state index in [9.17, 15) is 9.59 Å². The minimum absolute atomic E-state index is 0.263. The van der Waals surface area contributed by atoms with E-state index in [0.717, 1.165) is 16.5 Å². The Morgan fingerprint density at radius 1 is 1.26 bits per heavy atom. The zero-order chi connectivity index (χ0) is 17.1. The molecule has 0 N–H and O–H groups in total. The lowest BCUT2D eigenvalue weighted by molar-refractivity contribution is -0.139. The molecule has 0 spiro atoms. The standard InChI is InChI=1S/C18H22O4S/c1-10(2)14-8-15-13(9-23-12(4)18(20)21-5)7-17(19)22-16(15)6-11(14)3/h6-8,10,12H,9H2,1-5H3. The lowest BCUT2D eigenvalue weighted by atomic mass is 9.95. The number of ether oxygens (including phenoxy) is 1. The van der Waals surface area contributed by atoms with Crippen LogP contribution < -0.4 is 5.63 Å². The van der Waals surface area contributed by atoms with Gasteiger partial charge in [0.1, 0.15) is 5.58 Å². The molecule has 0 saturated heterocycles. The Morgan fingerprint density at radius 3 is 2.57 bits per heavy atom. The third kappa shape index (κ3) is 3.96. The summed E-state index contributed by atoms with van der Waals surface area (Å²) in [7, 11) is 1.38. The number of fused-ring (bicyclic) bond motifs is 1. The first-order chi connectivity index (χ1) is 10.8. The molecule has 0 bridgehead atoms. The molecule has 0 aliphatic heterocycles. The first kappa shape index (κ1) is 17.6. The van der Waals surface area contributed by atoms with E-state index < -0.39 is 0 Å². The van der Waals surface area contributed by atoms with Crippen LogP contribution in [0.25, 0.3) is 11.0 Å². The number of esters is 1. The number of carbonyl (C=O) groups excluding carboxylic acids is 1. The minimum Gasteiger partial charge on any atom is -0.468 e. The molecule has 1 unspecified atom stereocenters. The van der Waals surface area contributed by atoms with E-state index >= 15 is 0 Å². The Labute approximate surface area is 140 Å². The lowest BCUT2D eigenvalue weighted by Crippen LogP contribution is -2.15. The molecule has 0 aliphatic carbocycles. The van der Waals surface area contributed by atoms with Crippen LogP contribution in [0, 0.1) is 6.92 Å². The molecule has 0 fully saturated rings. The van der Waals surface area contributed by atoms with Crippen LogP contribution in [0.15, 0.2) is 27.4 Å². The molecule has 0 radical (unpaired) electrons. The number of hydrogen-bond acceptors (Lipinski definition) is 5. The smallest absolute Gasteiger partial charge is 0.336 e. The summed E-state index contributed by atoms with van der Waals surface area (Å²) in [4.78, 5) is 23.3. The van der Waals surface area contributed by atoms with Crippen LogP contribution in [-0.4, -0.2) is 18.3 Å². The first-order valence-corrected chi connectivity index (χ1v) is 8.65. The molecular weight excluding hydrogens is 312 g/mol. The summed E-state index contributed by atoms with van der Waals surface area (Å²) in [6, 6.07) is 5.53. The topological polar surface area (TPSA) is 56.5 Å². The van der Waals surface area contributed by atoms with Crippen molar-refractivity contribution in [1.82, 2.24) is 0 Å². The van der Waals surface area contributed by atoms with Gasteiger partial charge in [-0.2, -0.15) is 0 Å². The van der Waals surface area contributed by atoms with E-state index in [0.29, 0.717) is 17.3 Å². The molecule has 0 amide bonds. The average Bonchev–Trinajstić information content (AvgIpc) is 2.50. The third-order valence-electron chi connectivity index (χ3n) is 3.86. The van der Waals surface area contributed by atoms with Gasteiger partial charge in [-0.1, -0.05) is 13.8 Å². The minimum atomic E-state index is -0.365. The highest BCUT2D eigenvalue weighted by atomic mass is 32.2. The van der Waals surface area contributed by atoms with Crippen LogP contribution in [0.5, 0.6) is 0 Å². The average molecular weight is 334 g/mol. The van der Waals surface area contributed by atoms with Gasteiger partial charge >= 0.3 is 11.6 Å². The molecule has 1 heterocycles. The summed E-state index contributed by atoms with van der Waals surface area (Å²) in [5.74, 6) is 0.681. The summed E-state index contributed by atoms with van der Waals surface area (Å²) in [6.45, 7) is 8.10. The summed E-state index contributed by atoms with van der Waals surface area (Å²) >= 11 is 1.45. The molecular formula is C18H22O4S. The quantitative estimate of drug-likeness (QED) is 0.610. The third-order valence-corrected chi connectivity index (χ3v) is 5.03. The predicted octanol–water partition coefficient (Wildman–Crippen LogP) is 4.02. The first-order valence-electron chi connectivity index (χ1n) is 7.60. The van der Waals surface area contributed by atoms with E-state index in [1.807, 2.05) is 13.0 Å². The molecule has 124 valence electrons. The van der Waals surface area contributed by atoms with Crippen LogP contribution in [0.1, 0.15) is 43.4 Å². The van der Waals surface area contributed by atoms with E-state index in [-0.39, 0.29) is 16.8 Å². The molecule has 2 aromatic rings. The fourth-order valence-electron chi connectivity index (χ4n) is 2.58. The van der Waals surface area contributed by atoms with Crippen LogP contribution >= 0.6 is 11.8 Å². The summed E-state index contributed by atoms with van der Waals surface area (Å²) in [5, 5.41) is 0.654. The maximum Gasteiger partial charge on any atom is 0.336 e. The van der Waals surface area contributed by atoms with E-state index in [2.05, 4.69) is 19.9 Å². The lowest BCUT2D eigenvalue weighted by Gasteiger charge is -2.14. The summed E-state index contributed by atoms with van der Waals surface area (Å²) < 4.78 is 10.1. The number of benzene rings is 1. The molecule has 4 nitrogen and oxygen atoms in total. The maximum atomic E-state index is 11.8. The molecule has 0 aliphatic rings. The Kier molecular flexibility index (Phi) is 5.52. The number of rotatable bonds is 5.